The highest BCUT2D eigenvalue weighted by Gasteiger charge is 2.17. The molecule has 2 amide bonds. The summed E-state index contributed by atoms with van der Waals surface area (Å²) in [5.74, 6) is -1.64. The minimum atomic E-state index is -0.820. The molecule has 0 radical (unpaired) electrons. The summed E-state index contributed by atoms with van der Waals surface area (Å²) in [4.78, 5) is 55.8. The van der Waals surface area contributed by atoms with Gasteiger partial charge in [0, 0.05) is 0 Å². The van der Waals surface area contributed by atoms with Crippen molar-refractivity contribution in [1.82, 2.24) is 48.8 Å². The summed E-state index contributed by atoms with van der Waals surface area (Å²) in [5.41, 5.74) is 10.3. The van der Waals surface area contributed by atoms with E-state index in [1.165, 1.54) is 0 Å². The first-order chi connectivity index (χ1) is 16.3. The molecule has 0 unspecified atom stereocenters. The molecule has 0 saturated heterocycles. The van der Waals surface area contributed by atoms with Crippen molar-refractivity contribution < 1.29 is 9.59 Å². The van der Waals surface area contributed by atoms with Crippen LogP contribution in [-0.2, 0) is 13.1 Å². The van der Waals surface area contributed by atoms with Gasteiger partial charge in [-0.3, -0.25) is 9.59 Å². The number of amides is 2. The zero-order chi connectivity index (χ0) is 24.0. The molecule has 4 heterocycles. The first kappa shape index (κ1) is 20.6. The predicted molar refractivity (Wildman–Crippen MR) is 112 cm³/mol. The standard InChI is InChI=1S/C18H14N12O4/c19-13(31)11-15-23-25-29(17(33)27(15)7-21-11)5-9-2-1-3-10(4-9)6-30-18(34)28-8-22-12(14(20)32)16(28)24-26-30/h1-4,7-8H,5-6H2,(H2,19,31)(H2,20,32). The Morgan fingerprint density at radius 3 is 1.62 bits per heavy atom. The lowest BCUT2D eigenvalue weighted by Crippen LogP contribution is -2.31. The van der Waals surface area contributed by atoms with Crippen molar-refractivity contribution in [1.29, 1.82) is 0 Å². The van der Waals surface area contributed by atoms with Crippen molar-refractivity contribution in [3.63, 3.8) is 0 Å². The summed E-state index contributed by atoms with van der Waals surface area (Å²) in [6, 6.07) is 7.01. The minimum absolute atomic E-state index is 0.0326. The number of primary amides is 2. The van der Waals surface area contributed by atoms with E-state index in [-0.39, 0.29) is 35.8 Å². The topological polar surface area (TPSA) is 216 Å². The summed E-state index contributed by atoms with van der Waals surface area (Å²) < 4.78 is 4.33. The van der Waals surface area contributed by atoms with Crippen molar-refractivity contribution in [2.45, 2.75) is 13.1 Å². The fraction of sp³-hybridized carbons (Fsp3) is 0.111. The van der Waals surface area contributed by atoms with Gasteiger partial charge in [0.05, 0.1) is 13.1 Å². The van der Waals surface area contributed by atoms with Gasteiger partial charge in [-0.25, -0.2) is 28.4 Å². The number of nitrogens with zero attached hydrogens (tertiary/aromatic N) is 10. The van der Waals surface area contributed by atoms with E-state index in [4.69, 9.17) is 11.5 Å². The SMILES string of the molecule is NC(=O)c1ncn2c(=O)n(Cc3cccc(Cn4nnc5c(C(N)=O)ncn5c4=O)c3)nnc12. The molecule has 16 nitrogen and oxygen atoms in total. The molecule has 0 aliphatic carbocycles. The molecule has 0 fully saturated rings. The molecule has 5 aromatic rings. The fourth-order valence-corrected chi connectivity index (χ4v) is 3.39. The van der Waals surface area contributed by atoms with E-state index in [1.807, 2.05) is 0 Å². The second-order valence-electron chi connectivity index (χ2n) is 7.18. The van der Waals surface area contributed by atoms with Crippen LogP contribution in [0.3, 0.4) is 0 Å². The zero-order valence-electron chi connectivity index (χ0n) is 17.1. The van der Waals surface area contributed by atoms with Crippen LogP contribution in [0.4, 0.5) is 0 Å². The number of hydrogen-bond acceptors (Lipinski definition) is 10. The number of hydrogen-bond donors (Lipinski definition) is 2. The number of nitrogens with two attached hydrogens (primary N) is 2. The third-order valence-electron chi connectivity index (χ3n) is 4.96. The molecule has 0 aliphatic heterocycles. The second kappa shape index (κ2) is 7.69. The van der Waals surface area contributed by atoms with Gasteiger partial charge in [-0.15, -0.1) is 10.2 Å². The van der Waals surface area contributed by atoms with Crippen LogP contribution in [0.15, 0.2) is 46.5 Å². The lowest BCUT2D eigenvalue weighted by Gasteiger charge is -2.08. The number of benzene rings is 1. The molecule has 0 aliphatic rings. The highest BCUT2D eigenvalue weighted by Crippen LogP contribution is 2.08. The van der Waals surface area contributed by atoms with Crippen LogP contribution < -0.4 is 22.8 Å². The average molecular weight is 462 g/mol. The molecule has 4 N–H and O–H groups in total. The van der Waals surface area contributed by atoms with Gasteiger partial charge in [0.25, 0.3) is 11.8 Å². The van der Waals surface area contributed by atoms with Crippen molar-refractivity contribution >= 4 is 23.1 Å². The first-order valence-corrected chi connectivity index (χ1v) is 9.62. The van der Waals surface area contributed by atoms with Gasteiger partial charge in [0.1, 0.15) is 12.7 Å². The van der Waals surface area contributed by atoms with Gasteiger partial charge in [-0.05, 0) is 11.1 Å². The number of carbonyl (C=O) groups excluding carboxylic acids is 2. The Bertz CT molecular complexity index is 1600. The van der Waals surface area contributed by atoms with Crippen LogP contribution in [0.5, 0.6) is 0 Å². The highest BCUT2D eigenvalue weighted by molar-refractivity contribution is 5.97. The van der Waals surface area contributed by atoms with E-state index in [0.717, 1.165) is 30.8 Å². The van der Waals surface area contributed by atoms with E-state index in [9.17, 15) is 19.2 Å². The smallest absolute Gasteiger partial charge is 0.353 e. The zero-order valence-corrected chi connectivity index (χ0v) is 17.1. The Morgan fingerprint density at radius 1 is 0.765 bits per heavy atom. The Hall–Kier alpha value is -5.28. The van der Waals surface area contributed by atoms with Gasteiger partial charge >= 0.3 is 11.4 Å². The third kappa shape index (κ3) is 3.34. The molecule has 0 saturated carbocycles. The Kier molecular flexibility index (Phi) is 4.66. The first-order valence-electron chi connectivity index (χ1n) is 9.62. The molecule has 16 heteroatoms. The number of rotatable bonds is 6. The molecular formula is C18H14N12O4. The summed E-state index contributed by atoms with van der Waals surface area (Å²) >= 11 is 0. The highest BCUT2D eigenvalue weighted by atomic mass is 16.2. The van der Waals surface area contributed by atoms with Crippen molar-refractivity contribution in [3.8, 4) is 0 Å². The van der Waals surface area contributed by atoms with Crippen LogP contribution in [0.1, 0.15) is 32.1 Å². The summed E-state index contributed by atoms with van der Waals surface area (Å²) in [6.07, 6.45) is 2.31. The van der Waals surface area contributed by atoms with Crippen LogP contribution in [0.25, 0.3) is 11.3 Å². The normalized spacial score (nSPS) is 11.3. The van der Waals surface area contributed by atoms with Gasteiger partial charge < -0.3 is 11.5 Å². The quantitative estimate of drug-likeness (QED) is 0.264. The maximum absolute atomic E-state index is 12.7. The number of aromatic nitrogens is 10. The van der Waals surface area contributed by atoms with Gasteiger partial charge in [0.2, 0.25) is 0 Å². The van der Waals surface area contributed by atoms with Crippen molar-refractivity contribution in [2.24, 2.45) is 11.5 Å². The molecule has 5 rings (SSSR count). The molecule has 0 atom stereocenters. The second-order valence-corrected chi connectivity index (χ2v) is 7.18. The van der Waals surface area contributed by atoms with Crippen molar-refractivity contribution in [3.05, 3.63) is 80.4 Å². The van der Waals surface area contributed by atoms with Gasteiger partial charge in [0.15, 0.2) is 22.7 Å². The van der Waals surface area contributed by atoms with E-state index in [0.29, 0.717) is 11.1 Å². The van der Waals surface area contributed by atoms with Gasteiger partial charge in [-0.1, -0.05) is 34.7 Å². The Morgan fingerprint density at radius 2 is 1.21 bits per heavy atom. The van der Waals surface area contributed by atoms with Crippen molar-refractivity contribution in [2.75, 3.05) is 0 Å². The maximum atomic E-state index is 12.7. The summed E-state index contributed by atoms with van der Waals surface area (Å²) in [5, 5.41) is 15.5. The number of fused-ring (bicyclic) bond motifs is 2. The molecule has 0 bridgehead atoms. The Balaban J connectivity index is 1.44. The third-order valence-corrected chi connectivity index (χ3v) is 4.96. The van der Waals surface area contributed by atoms with E-state index >= 15 is 0 Å². The van der Waals surface area contributed by atoms with Crippen LogP contribution in [-0.4, -0.2) is 60.6 Å². The minimum Gasteiger partial charge on any atom is -0.364 e. The lowest BCUT2D eigenvalue weighted by atomic mass is 10.1. The molecule has 34 heavy (non-hydrogen) atoms. The fourth-order valence-electron chi connectivity index (χ4n) is 3.39. The largest absolute Gasteiger partial charge is 0.364 e. The molecule has 170 valence electrons. The van der Waals surface area contributed by atoms with Gasteiger partial charge in [-0.2, -0.15) is 9.36 Å². The van der Waals surface area contributed by atoms with Crippen LogP contribution >= 0.6 is 0 Å². The van der Waals surface area contributed by atoms with E-state index < -0.39 is 23.2 Å². The molecule has 1 aromatic carbocycles. The van der Waals surface area contributed by atoms with Crippen LogP contribution in [0, 0.1) is 0 Å². The lowest BCUT2D eigenvalue weighted by molar-refractivity contribution is 0.0989. The summed E-state index contributed by atoms with van der Waals surface area (Å²) in [7, 11) is 0. The maximum Gasteiger partial charge on any atom is 0.353 e. The molecule has 0 spiro atoms. The molecular weight excluding hydrogens is 448 g/mol. The summed E-state index contributed by atoms with van der Waals surface area (Å²) in [6.45, 7) is 0.117. The van der Waals surface area contributed by atoms with E-state index in [1.54, 1.807) is 24.3 Å². The molecule has 4 aromatic heterocycles. The average Bonchev–Trinajstić information content (AvgIpc) is 3.43. The Labute approximate surface area is 187 Å². The predicted octanol–water partition coefficient (Wildman–Crippen LogP) is -2.82. The van der Waals surface area contributed by atoms with E-state index in [2.05, 4.69) is 30.6 Å². The monoisotopic (exact) mass is 462 g/mol. The van der Waals surface area contributed by atoms with Crippen LogP contribution in [0.2, 0.25) is 0 Å². The number of carbonyl (C=O) groups is 2. The number of imidazole rings is 2.